The van der Waals surface area contributed by atoms with Crippen molar-refractivity contribution in [1.82, 2.24) is 15.2 Å². The molecule has 2 fully saturated rings. The summed E-state index contributed by atoms with van der Waals surface area (Å²) in [4.78, 5) is 19.1. The predicted molar refractivity (Wildman–Crippen MR) is 127 cm³/mol. The van der Waals surface area contributed by atoms with Gasteiger partial charge in [-0.25, -0.2) is 0 Å². The summed E-state index contributed by atoms with van der Waals surface area (Å²) in [6.45, 7) is 6.03. The first-order chi connectivity index (χ1) is 15.2. The van der Waals surface area contributed by atoms with Gasteiger partial charge in [0, 0.05) is 48.0 Å². The molecule has 1 amide bonds. The minimum atomic E-state index is -0.983. The van der Waals surface area contributed by atoms with Crippen LogP contribution in [0.4, 0.5) is 0 Å². The highest BCUT2D eigenvalue weighted by molar-refractivity contribution is 6.31. The number of nitrogens with one attached hydrogen (secondary N) is 1. The zero-order valence-corrected chi connectivity index (χ0v) is 19.6. The van der Waals surface area contributed by atoms with Crippen molar-refractivity contribution in [1.29, 1.82) is 0 Å². The molecule has 2 heterocycles. The minimum absolute atomic E-state index is 0.182. The third-order valence-electron chi connectivity index (χ3n) is 7.19. The second-order valence-corrected chi connectivity index (χ2v) is 10.1. The quantitative estimate of drug-likeness (QED) is 0.640. The SMILES string of the molecule is C[C@@H]1CCCN1Cc1ccc([C@H]2C[C@@H](NC(=O)c3cccnc3)[C@H](N)C[C@@]2(C)O)cc1Cl. The minimum Gasteiger partial charge on any atom is -0.389 e. The molecule has 1 saturated carbocycles. The highest BCUT2D eigenvalue weighted by Gasteiger charge is 2.43. The third-order valence-corrected chi connectivity index (χ3v) is 7.54. The molecule has 0 spiro atoms. The van der Waals surface area contributed by atoms with Crippen LogP contribution in [-0.2, 0) is 6.54 Å². The number of benzene rings is 1. The van der Waals surface area contributed by atoms with Crippen LogP contribution in [-0.4, -0.2) is 51.2 Å². The number of hydrogen-bond acceptors (Lipinski definition) is 5. The van der Waals surface area contributed by atoms with Crippen molar-refractivity contribution in [3.05, 3.63) is 64.4 Å². The number of likely N-dealkylation sites (tertiary alicyclic amines) is 1. The molecule has 0 radical (unpaired) electrons. The fourth-order valence-corrected chi connectivity index (χ4v) is 5.46. The molecule has 5 atom stereocenters. The Morgan fingerprint density at radius 3 is 2.88 bits per heavy atom. The molecule has 1 aliphatic carbocycles. The van der Waals surface area contributed by atoms with Crippen molar-refractivity contribution in [2.75, 3.05) is 6.54 Å². The van der Waals surface area contributed by atoms with Crippen LogP contribution in [0.1, 0.15) is 66.9 Å². The van der Waals surface area contributed by atoms with Gasteiger partial charge in [-0.1, -0.05) is 23.7 Å². The van der Waals surface area contributed by atoms with E-state index < -0.39 is 5.60 Å². The molecule has 1 aromatic carbocycles. The maximum absolute atomic E-state index is 12.7. The Bertz CT molecular complexity index is 952. The standard InChI is InChI=1S/C25H33ClN4O2/c1-16-5-4-10-30(16)15-19-8-7-17(11-21(19)26)20-12-23(22(27)13-25(20,2)32)29-24(31)18-6-3-9-28-14-18/h3,6-9,11,14,16,20,22-23,32H,4-5,10,12-13,15,27H2,1-2H3,(H,29,31)/t16-,20-,22-,23-,25-/m1/s1. The largest absolute Gasteiger partial charge is 0.389 e. The Morgan fingerprint density at radius 2 is 2.22 bits per heavy atom. The zero-order chi connectivity index (χ0) is 22.9. The Morgan fingerprint density at radius 1 is 1.41 bits per heavy atom. The first-order valence-corrected chi connectivity index (χ1v) is 11.8. The van der Waals surface area contributed by atoms with Crippen LogP contribution in [0.2, 0.25) is 5.02 Å². The Hall–Kier alpha value is -1.99. The van der Waals surface area contributed by atoms with E-state index in [0.29, 0.717) is 24.4 Å². The van der Waals surface area contributed by atoms with Crippen LogP contribution < -0.4 is 11.1 Å². The maximum atomic E-state index is 12.7. The van der Waals surface area contributed by atoms with Crippen molar-refractivity contribution >= 4 is 17.5 Å². The van der Waals surface area contributed by atoms with Crippen LogP contribution in [0.3, 0.4) is 0 Å². The number of halogens is 1. The lowest BCUT2D eigenvalue weighted by Gasteiger charge is -2.44. The Labute approximate surface area is 195 Å². The van der Waals surface area contributed by atoms with Crippen molar-refractivity contribution < 1.29 is 9.90 Å². The van der Waals surface area contributed by atoms with Gasteiger partial charge in [-0.3, -0.25) is 14.7 Å². The maximum Gasteiger partial charge on any atom is 0.253 e. The van der Waals surface area contributed by atoms with Crippen molar-refractivity contribution in [2.45, 2.75) is 75.7 Å². The van der Waals surface area contributed by atoms with Crippen LogP contribution in [0.5, 0.6) is 0 Å². The molecule has 4 rings (SSSR count). The van der Waals surface area contributed by atoms with E-state index >= 15 is 0 Å². The fraction of sp³-hybridized carbons (Fsp3) is 0.520. The highest BCUT2D eigenvalue weighted by atomic mass is 35.5. The number of nitrogens with two attached hydrogens (primary N) is 1. The lowest BCUT2D eigenvalue weighted by molar-refractivity contribution is -0.0148. The third kappa shape index (κ3) is 4.99. The second kappa shape index (κ2) is 9.48. The summed E-state index contributed by atoms with van der Waals surface area (Å²) >= 11 is 6.69. The number of nitrogens with zero attached hydrogens (tertiary/aromatic N) is 2. The molecule has 2 aromatic rings. The monoisotopic (exact) mass is 456 g/mol. The molecular formula is C25H33ClN4O2. The van der Waals surface area contributed by atoms with Crippen LogP contribution in [0, 0.1) is 0 Å². The fourth-order valence-electron chi connectivity index (χ4n) is 5.21. The van der Waals surface area contributed by atoms with Gasteiger partial charge in [-0.05, 0) is 75.4 Å². The molecule has 0 bridgehead atoms. The average Bonchev–Trinajstić information content (AvgIpc) is 3.16. The van der Waals surface area contributed by atoms with E-state index in [0.717, 1.165) is 29.2 Å². The van der Waals surface area contributed by atoms with E-state index in [1.165, 1.54) is 19.0 Å². The first-order valence-electron chi connectivity index (χ1n) is 11.5. The van der Waals surface area contributed by atoms with Gasteiger partial charge in [-0.2, -0.15) is 0 Å². The van der Waals surface area contributed by atoms with Gasteiger partial charge in [0.05, 0.1) is 11.2 Å². The van der Waals surface area contributed by atoms with E-state index in [1.54, 1.807) is 18.3 Å². The molecule has 32 heavy (non-hydrogen) atoms. The normalized spacial score (nSPS) is 30.9. The van der Waals surface area contributed by atoms with Crippen molar-refractivity contribution in [3.8, 4) is 0 Å². The molecule has 2 aliphatic rings. The van der Waals surface area contributed by atoms with Gasteiger partial charge in [0.25, 0.3) is 5.91 Å². The van der Waals surface area contributed by atoms with Gasteiger partial charge >= 0.3 is 0 Å². The number of rotatable bonds is 5. The van der Waals surface area contributed by atoms with Crippen LogP contribution >= 0.6 is 11.6 Å². The number of aromatic nitrogens is 1. The number of pyridine rings is 1. The van der Waals surface area contributed by atoms with Crippen LogP contribution in [0.25, 0.3) is 0 Å². The lowest BCUT2D eigenvalue weighted by Crippen LogP contribution is -2.57. The predicted octanol–water partition coefficient (Wildman–Crippen LogP) is 3.47. The highest BCUT2D eigenvalue weighted by Crippen LogP contribution is 2.41. The van der Waals surface area contributed by atoms with Crippen LogP contribution in [0.15, 0.2) is 42.7 Å². The molecule has 172 valence electrons. The number of amides is 1. The zero-order valence-electron chi connectivity index (χ0n) is 18.8. The van der Waals surface area contributed by atoms with Crippen molar-refractivity contribution in [3.63, 3.8) is 0 Å². The topological polar surface area (TPSA) is 91.5 Å². The number of aliphatic hydroxyl groups is 1. The first kappa shape index (κ1) is 23.2. The summed E-state index contributed by atoms with van der Waals surface area (Å²) in [5, 5.41) is 15.0. The summed E-state index contributed by atoms with van der Waals surface area (Å²) in [5.41, 5.74) is 7.96. The molecule has 6 nitrogen and oxygen atoms in total. The molecule has 0 unspecified atom stereocenters. The number of carbonyl (C=O) groups excluding carboxylic acids is 1. The van der Waals surface area contributed by atoms with Gasteiger partial charge in [0.15, 0.2) is 0 Å². The van der Waals surface area contributed by atoms with E-state index in [9.17, 15) is 9.90 Å². The second-order valence-electron chi connectivity index (χ2n) is 9.65. The average molecular weight is 457 g/mol. The lowest BCUT2D eigenvalue weighted by atomic mass is 9.69. The van der Waals surface area contributed by atoms with E-state index in [4.69, 9.17) is 17.3 Å². The molecule has 4 N–H and O–H groups in total. The molecule has 1 saturated heterocycles. The summed E-state index contributed by atoms with van der Waals surface area (Å²) < 4.78 is 0. The molecule has 1 aromatic heterocycles. The van der Waals surface area contributed by atoms with Gasteiger partial charge < -0.3 is 16.2 Å². The Balaban J connectivity index is 1.50. The molecule has 1 aliphatic heterocycles. The summed E-state index contributed by atoms with van der Waals surface area (Å²) in [5.74, 6) is -0.384. The summed E-state index contributed by atoms with van der Waals surface area (Å²) in [6, 6.07) is 9.57. The molecular weight excluding hydrogens is 424 g/mol. The smallest absolute Gasteiger partial charge is 0.253 e. The summed E-state index contributed by atoms with van der Waals surface area (Å²) in [7, 11) is 0. The van der Waals surface area contributed by atoms with Gasteiger partial charge in [0.1, 0.15) is 0 Å². The van der Waals surface area contributed by atoms with Gasteiger partial charge in [0.2, 0.25) is 0 Å². The van der Waals surface area contributed by atoms with Gasteiger partial charge in [-0.15, -0.1) is 0 Å². The van der Waals surface area contributed by atoms with E-state index in [1.807, 2.05) is 13.0 Å². The van der Waals surface area contributed by atoms with Crippen molar-refractivity contribution in [2.24, 2.45) is 5.73 Å². The Kier molecular flexibility index (Phi) is 6.86. The molecule has 7 heteroatoms. The van der Waals surface area contributed by atoms with E-state index in [-0.39, 0.29) is 23.9 Å². The van der Waals surface area contributed by atoms with E-state index in [2.05, 4.69) is 34.3 Å². The number of hydrogen-bond donors (Lipinski definition) is 3. The summed E-state index contributed by atoms with van der Waals surface area (Å²) in [6.07, 6.45) is 6.56. The number of carbonyl (C=O) groups is 1.